The third kappa shape index (κ3) is 3.43. The summed E-state index contributed by atoms with van der Waals surface area (Å²) in [5.41, 5.74) is 1.00. The van der Waals surface area contributed by atoms with E-state index in [4.69, 9.17) is 4.74 Å². The molecule has 0 spiro atoms. The van der Waals surface area contributed by atoms with Crippen LogP contribution in [0.3, 0.4) is 0 Å². The van der Waals surface area contributed by atoms with Gasteiger partial charge >= 0.3 is 6.03 Å². The van der Waals surface area contributed by atoms with Crippen molar-refractivity contribution in [3.8, 4) is 0 Å². The Morgan fingerprint density at radius 3 is 3.06 bits per heavy atom. The fraction of sp³-hybridized carbons (Fsp3) is 0.462. The number of carbonyl (C=O) groups excluding carboxylic acids is 1. The standard InChI is InChI=1S/C13H17FN2O2/c1-9-4-5-10(7-12(9)14)16-13(17)15-8-11-3-2-6-18-11/h4-5,7,11H,2-3,6,8H2,1H3,(H2,15,16,17)/t11-/m1/s1. The monoisotopic (exact) mass is 252 g/mol. The van der Waals surface area contributed by atoms with Crippen molar-refractivity contribution in [2.24, 2.45) is 0 Å². The van der Waals surface area contributed by atoms with Gasteiger partial charge in [0.05, 0.1) is 6.10 Å². The molecule has 1 aliphatic rings. The lowest BCUT2D eigenvalue weighted by Crippen LogP contribution is -2.35. The van der Waals surface area contributed by atoms with E-state index in [0.29, 0.717) is 17.8 Å². The summed E-state index contributed by atoms with van der Waals surface area (Å²) in [6.07, 6.45) is 2.11. The van der Waals surface area contributed by atoms with Crippen molar-refractivity contribution in [1.29, 1.82) is 0 Å². The first-order chi connectivity index (χ1) is 8.65. The molecule has 0 saturated carbocycles. The van der Waals surface area contributed by atoms with Crippen LogP contribution in [0, 0.1) is 12.7 Å². The van der Waals surface area contributed by atoms with Crippen molar-refractivity contribution in [1.82, 2.24) is 5.32 Å². The summed E-state index contributed by atoms with van der Waals surface area (Å²) in [6, 6.07) is 4.27. The highest BCUT2D eigenvalue weighted by Gasteiger charge is 2.16. The van der Waals surface area contributed by atoms with E-state index >= 15 is 0 Å². The molecule has 5 heteroatoms. The summed E-state index contributed by atoms with van der Waals surface area (Å²) >= 11 is 0. The summed E-state index contributed by atoms with van der Waals surface area (Å²) in [7, 11) is 0. The quantitative estimate of drug-likeness (QED) is 0.868. The molecule has 4 nitrogen and oxygen atoms in total. The smallest absolute Gasteiger partial charge is 0.319 e. The van der Waals surface area contributed by atoms with Crippen LogP contribution < -0.4 is 10.6 Å². The van der Waals surface area contributed by atoms with Gasteiger partial charge in [-0.05, 0) is 37.5 Å². The Bertz CT molecular complexity index is 431. The largest absolute Gasteiger partial charge is 0.376 e. The molecule has 1 heterocycles. The fourth-order valence-electron chi connectivity index (χ4n) is 1.86. The zero-order chi connectivity index (χ0) is 13.0. The van der Waals surface area contributed by atoms with Gasteiger partial charge in [-0.1, -0.05) is 6.07 Å². The second-order valence-corrected chi connectivity index (χ2v) is 4.43. The topological polar surface area (TPSA) is 50.4 Å². The molecule has 1 aromatic carbocycles. The first kappa shape index (κ1) is 12.8. The van der Waals surface area contributed by atoms with Crippen LogP contribution in [0.25, 0.3) is 0 Å². The normalized spacial score (nSPS) is 18.7. The van der Waals surface area contributed by atoms with E-state index < -0.39 is 0 Å². The minimum Gasteiger partial charge on any atom is -0.376 e. The zero-order valence-electron chi connectivity index (χ0n) is 10.3. The molecule has 1 saturated heterocycles. The highest BCUT2D eigenvalue weighted by atomic mass is 19.1. The molecule has 18 heavy (non-hydrogen) atoms. The Morgan fingerprint density at radius 2 is 2.39 bits per heavy atom. The van der Waals surface area contributed by atoms with E-state index in [9.17, 15) is 9.18 Å². The van der Waals surface area contributed by atoms with Gasteiger partial charge in [-0.2, -0.15) is 0 Å². The SMILES string of the molecule is Cc1ccc(NC(=O)NC[C@H]2CCCO2)cc1F. The Balaban J connectivity index is 1.80. The van der Waals surface area contributed by atoms with Crippen LogP contribution >= 0.6 is 0 Å². The molecule has 2 N–H and O–H groups in total. The number of ether oxygens (including phenoxy) is 1. The summed E-state index contributed by atoms with van der Waals surface area (Å²) < 4.78 is 18.7. The van der Waals surface area contributed by atoms with Crippen molar-refractivity contribution in [3.63, 3.8) is 0 Å². The zero-order valence-corrected chi connectivity index (χ0v) is 10.3. The molecule has 1 aliphatic heterocycles. The van der Waals surface area contributed by atoms with Crippen molar-refractivity contribution < 1.29 is 13.9 Å². The summed E-state index contributed by atoms with van der Waals surface area (Å²) in [5, 5.41) is 5.30. The molecule has 0 bridgehead atoms. The first-order valence-corrected chi connectivity index (χ1v) is 6.08. The van der Waals surface area contributed by atoms with E-state index in [1.165, 1.54) is 6.07 Å². The average Bonchev–Trinajstić information content (AvgIpc) is 2.84. The van der Waals surface area contributed by atoms with Crippen molar-refractivity contribution in [2.75, 3.05) is 18.5 Å². The number of aryl methyl sites for hydroxylation is 1. The number of halogens is 1. The number of carbonyl (C=O) groups is 1. The average molecular weight is 252 g/mol. The van der Waals surface area contributed by atoms with Gasteiger partial charge in [0.25, 0.3) is 0 Å². The Kier molecular flexibility index (Phi) is 4.15. The van der Waals surface area contributed by atoms with Gasteiger partial charge in [0.1, 0.15) is 5.82 Å². The van der Waals surface area contributed by atoms with Crippen LogP contribution in [0.2, 0.25) is 0 Å². The van der Waals surface area contributed by atoms with Crippen LogP contribution in [0.4, 0.5) is 14.9 Å². The van der Waals surface area contributed by atoms with Crippen molar-refractivity contribution >= 4 is 11.7 Å². The first-order valence-electron chi connectivity index (χ1n) is 6.08. The number of amides is 2. The molecule has 1 aromatic rings. The van der Waals surface area contributed by atoms with Crippen LogP contribution in [0.1, 0.15) is 18.4 Å². The van der Waals surface area contributed by atoms with E-state index in [2.05, 4.69) is 10.6 Å². The number of anilines is 1. The molecule has 0 aliphatic carbocycles. The molecule has 0 radical (unpaired) electrons. The van der Waals surface area contributed by atoms with E-state index in [-0.39, 0.29) is 18.0 Å². The lowest BCUT2D eigenvalue weighted by atomic mass is 10.2. The van der Waals surface area contributed by atoms with Gasteiger partial charge in [-0.15, -0.1) is 0 Å². The molecule has 1 atom stereocenters. The molecule has 0 unspecified atom stereocenters. The van der Waals surface area contributed by atoms with Gasteiger partial charge in [0.15, 0.2) is 0 Å². The van der Waals surface area contributed by atoms with Gasteiger partial charge in [-0.3, -0.25) is 0 Å². The van der Waals surface area contributed by atoms with Crippen molar-refractivity contribution in [2.45, 2.75) is 25.9 Å². The minimum atomic E-state index is -0.339. The van der Waals surface area contributed by atoms with Gasteiger partial charge in [-0.25, -0.2) is 9.18 Å². The molecule has 2 rings (SSSR count). The van der Waals surface area contributed by atoms with Gasteiger partial charge in [0.2, 0.25) is 0 Å². The maximum Gasteiger partial charge on any atom is 0.319 e. The van der Waals surface area contributed by atoms with Crippen LogP contribution in [0.15, 0.2) is 18.2 Å². The Labute approximate surface area is 106 Å². The predicted molar refractivity (Wildman–Crippen MR) is 67.1 cm³/mol. The summed E-state index contributed by atoms with van der Waals surface area (Å²) in [4.78, 5) is 11.6. The second kappa shape index (κ2) is 5.82. The number of rotatable bonds is 3. The number of hydrogen-bond donors (Lipinski definition) is 2. The maximum absolute atomic E-state index is 13.3. The molecule has 98 valence electrons. The molecule has 2 amide bonds. The number of hydrogen-bond acceptors (Lipinski definition) is 2. The molecular formula is C13H17FN2O2. The predicted octanol–water partition coefficient (Wildman–Crippen LogP) is 2.43. The second-order valence-electron chi connectivity index (χ2n) is 4.43. The van der Waals surface area contributed by atoms with Crippen LogP contribution in [-0.4, -0.2) is 25.3 Å². The number of benzene rings is 1. The highest BCUT2D eigenvalue weighted by molar-refractivity contribution is 5.89. The van der Waals surface area contributed by atoms with Crippen molar-refractivity contribution in [3.05, 3.63) is 29.6 Å². The third-order valence-electron chi connectivity index (χ3n) is 2.94. The minimum absolute atomic E-state index is 0.102. The summed E-state index contributed by atoms with van der Waals surface area (Å²) in [6.45, 7) is 2.92. The molecule has 0 aromatic heterocycles. The van der Waals surface area contributed by atoms with E-state index in [0.717, 1.165) is 19.4 Å². The number of urea groups is 1. The maximum atomic E-state index is 13.3. The Hall–Kier alpha value is -1.62. The molecule has 1 fully saturated rings. The highest BCUT2D eigenvalue weighted by Crippen LogP contribution is 2.13. The van der Waals surface area contributed by atoms with E-state index in [1.807, 2.05) is 0 Å². The van der Waals surface area contributed by atoms with Crippen LogP contribution in [-0.2, 0) is 4.74 Å². The number of nitrogens with one attached hydrogen (secondary N) is 2. The fourth-order valence-corrected chi connectivity index (χ4v) is 1.86. The van der Waals surface area contributed by atoms with Gasteiger partial charge in [0, 0.05) is 18.8 Å². The van der Waals surface area contributed by atoms with Crippen LogP contribution in [0.5, 0.6) is 0 Å². The lowest BCUT2D eigenvalue weighted by Gasteiger charge is -2.12. The summed E-state index contributed by atoms with van der Waals surface area (Å²) in [5.74, 6) is -0.327. The van der Waals surface area contributed by atoms with E-state index in [1.54, 1.807) is 19.1 Å². The lowest BCUT2D eigenvalue weighted by molar-refractivity contribution is 0.112. The third-order valence-corrected chi connectivity index (χ3v) is 2.94. The molecular weight excluding hydrogens is 235 g/mol. The van der Waals surface area contributed by atoms with Gasteiger partial charge < -0.3 is 15.4 Å². The Morgan fingerprint density at radius 1 is 1.56 bits per heavy atom.